The fourth-order valence-corrected chi connectivity index (χ4v) is 9.36. The van der Waals surface area contributed by atoms with E-state index in [4.69, 9.17) is 14.4 Å². The summed E-state index contributed by atoms with van der Waals surface area (Å²) in [5, 5.41) is 7.89. The normalized spacial score (nSPS) is 14.4. The van der Waals surface area contributed by atoms with E-state index in [9.17, 15) is 0 Å². The van der Waals surface area contributed by atoms with Crippen LogP contribution in [0.15, 0.2) is 161 Å². The van der Waals surface area contributed by atoms with Crippen LogP contribution in [-0.4, -0.2) is 14.5 Å². The quantitative estimate of drug-likeness (QED) is 0.160. The van der Waals surface area contributed by atoms with E-state index in [1.165, 1.54) is 26.8 Å². The molecule has 1 atom stereocenters. The van der Waals surface area contributed by atoms with Crippen molar-refractivity contribution in [3.63, 3.8) is 0 Å². The Morgan fingerprint density at radius 1 is 0.679 bits per heavy atom. The molecule has 1 unspecified atom stereocenters. The van der Waals surface area contributed by atoms with Gasteiger partial charge in [0.15, 0.2) is 5.58 Å². The van der Waals surface area contributed by atoms with Gasteiger partial charge < -0.3 is 4.42 Å². The van der Waals surface area contributed by atoms with Gasteiger partial charge in [-0.2, -0.15) is 0 Å². The minimum atomic E-state index is 0.240. The lowest BCUT2D eigenvalue weighted by Crippen LogP contribution is -2.12. The molecular formula is C51H35N3OS. The molecule has 0 saturated carbocycles. The second-order valence-electron chi connectivity index (χ2n) is 14.6. The minimum absolute atomic E-state index is 0.240. The largest absolute Gasteiger partial charge is 0.454 e. The van der Waals surface area contributed by atoms with Gasteiger partial charge in [-0.15, -0.1) is 11.3 Å². The zero-order valence-electron chi connectivity index (χ0n) is 30.7. The number of hydrogen-bond acceptors (Lipinski definition) is 4. The van der Waals surface area contributed by atoms with Gasteiger partial charge in [-0.3, -0.25) is 4.57 Å². The molecule has 4 nitrogen and oxygen atoms in total. The van der Waals surface area contributed by atoms with E-state index < -0.39 is 0 Å². The first kappa shape index (κ1) is 32.6. The summed E-state index contributed by atoms with van der Waals surface area (Å²) >= 11 is 1.78. The standard InChI is InChI=1S/C51H35N3OS/c1-32-14-13-22-41-47(32)52-51(53-48(41)35-28-26-34(27-29-35)33-15-3-2-4-16-33)54-43-23-10-7-21-40(43)46-36(17-5-6-18-37-31-56-45-25-12-9-19-38(37)45)30-42-39-20-8-11-24-44(39)55-50(42)49(46)54/h2-13,15-32H,14H2,1H3/b17-5+,18-6-. The van der Waals surface area contributed by atoms with Crippen LogP contribution in [0.2, 0.25) is 0 Å². The fraction of sp³-hybridized carbons (Fsp3) is 0.0588. The molecule has 1 aliphatic carbocycles. The lowest BCUT2D eigenvalue weighted by atomic mass is 9.90. The number of fused-ring (bicyclic) bond motifs is 9. The molecule has 266 valence electrons. The SMILES string of the molecule is CC1CC=Cc2c(-c3ccc(-c4ccccc4)cc3)nc(-n3c4ccccc4c4c(/C=C/C=C\c5csc6ccccc56)cc5c6ccccc6oc5c43)nc21. The number of thiophene rings is 1. The van der Waals surface area contributed by atoms with Gasteiger partial charge in [-0.1, -0.05) is 153 Å². The smallest absolute Gasteiger partial charge is 0.235 e. The van der Waals surface area contributed by atoms with Crippen LogP contribution < -0.4 is 0 Å². The lowest BCUT2D eigenvalue weighted by molar-refractivity contribution is 0.670. The predicted molar refractivity (Wildman–Crippen MR) is 236 cm³/mol. The van der Waals surface area contributed by atoms with Gasteiger partial charge in [0.1, 0.15) is 11.1 Å². The van der Waals surface area contributed by atoms with Gasteiger partial charge in [-0.05, 0) is 63.7 Å². The number of benzene rings is 6. The maximum Gasteiger partial charge on any atom is 0.235 e. The summed E-state index contributed by atoms with van der Waals surface area (Å²) in [5.74, 6) is 0.885. The molecule has 11 rings (SSSR count). The van der Waals surface area contributed by atoms with Crippen LogP contribution in [0.5, 0.6) is 0 Å². The Morgan fingerprint density at radius 2 is 1.38 bits per heavy atom. The van der Waals surface area contributed by atoms with Gasteiger partial charge in [0.05, 0.1) is 16.9 Å². The summed E-state index contributed by atoms with van der Waals surface area (Å²) in [6, 6.07) is 47.1. The molecule has 10 aromatic rings. The van der Waals surface area contributed by atoms with Crippen molar-refractivity contribution in [2.24, 2.45) is 0 Å². The Balaban J connectivity index is 1.15. The summed E-state index contributed by atoms with van der Waals surface area (Å²) in [4.78, 5) is 10.9. The number of rotatable bonds is 6. The Morgan fingerprint density at radius 3 is 2.23 bits per heavy atom. The molecule has 0 fully saturated rings. The van der Waals surface area contributed by atoms with Crippen molar-refractivity contribution in [2.75, 3.05) is 0 Å². The molecule has 4 heterocycles. The molecule has 0 bridgehead atoms. The molecule has 0 saturated heterocycles. The van der Waals surface area contributed by atoms with Crippen molar-refractivity contribution >= 4 is 83.4 Å². The minimum Gasteiger partial charge on any atom is -0.454 e. The Kier molecular flexibility index (Phi) is 7.68. The first-order valence-electron chi connectivity index (χ1n) is 19.1. The third-order valence-corrected chi connectivity index (χ3v) is 12.1. The van der Waals surface area contributed by atoms with Gasteiger partial charge in [-0.25, -0.2) is 9.97 Å². The molecule has 0 amide bonds. The number of nitrogens with zero attached hydrogens (tertiary/aromatic N) is 3. The second kappa shape index (κ2) is 13.2. The number of para-hydroxylation sites is 2. The van der Waals surface area contributed by atoms with Crippen molar-refractivity contribution in [2.45, 2.75) is 19.3 Å². The first-order chi connectivity index (χ1) is 27.7. The van der Waals surface area contributed by atoms with E-state index in [0.717, 1.165) is 78.2 Å². The molecule has 6 aromatic carbocycles. The first-order valence-corrected chi connectivity index (χ1v) is 20.0. The molecule has 4 aromatic heterocycles. The number of hydrogen-bond donors (Lipinski definition) is 0. The maximum atomic E-state index is 6.81. The van der Waals surface area contributed by atoms with Crippen LogP contribution in [0.3, 0.4) is 0 Å². The summed E-state index contributed by atoms with van der Waals surface area (Å²) in [7, 11) is 0. The van der Waals surface area contributed by atoms with Crippen molar-refractivity contribution in [1.29, 1.82) is 0 Å². The highest BCUT2D eigenvalue weighted by Crippen LogP contribution is 2.43. The van der Waals surface area contributed by atoms with E-state index in [2.05, 4.69) is 181 Å². The fourth-order valence-electron chi connectivity index (χ4n) is 8.43. The van der Waals surface area contributed by atoms with E-state index in [-0.39, 0.29) is 5.92 Å². The second-order valence-corrected chi connectivity index (χ2v) is 15.5. The number of aromatic nitrogens is 3. The molecule has 0 radical (unpaired) electrons. The molecule has 0 N–H and O–H groups in total. The third-order valence-electron chi connectivity index (χ3n) is 11.2. The zero-order valence-corrected chi connectivity index (χ0v) is 31.5. The average Bonchev–Trinajstić information content (AvgIpc) is 3.95. The molecule has 0 aliphatic heterocycles. The number of furan rings is 1. The van der Waals surface area contributed by atoms with Crippen LogP contribution in [0.4, 0.5) is 0 Å². The van der Waals surface area contributed by atoms with Gasteiger partial charge in [0.25, 0.3) is 0 Å². The van der Waals surface area contributed by atoms with Crippen molar-refractivity contribution in [1.82, 2.24) is 14.5 Å². The highest BCUT2D eigenvalue weighted by atomic mass is 32.1. The average molecular weight is 738 g/mol. The van der Waals surface area contributed by atoms with Crippen LogP contribution in [0.25, 0.3) is 100 Å². The van der Waals surface area contributed by atoms with Crippen LogP contribution >= 0.6 is 11.3 Å². The molecule has 0 spiro atoms. The van der Waals surface area contributed by atoms with E-state index in [1.54, 1.807) is 11.3 Å². The van der Waals surface area contributed by atoms with Crippen LogP contribution in [0.1, 0.15) is 41.6 Å². The Hall–Kier alpha value is -6.82. The topological polar surface area (TPSA) is 43.9 Å². The zero-order chi connectivity index (χ0) is 37.2. The van der Waals surface area contributed by atoms with Crippen molar-refractivity contribution in [3.8, 4) is 28.3 Å². The maximum absolute atomic E-state index is 6.81. The lowest BCUT2D eigenvalue weighted by Gasteiger charge is -2.21. The highest BCUT2D eigenvalue weighted by Gasteiger charge is 2.26. The van der Waals surface area contributed by atoms with E-state index >= 15 is 0 Å². The Labute approximate surface area is 328 Å². The summed E-state index contributed by atoms with van der Waals surface area (Å²) in [6.07, 6.45) is 14.1. The summed E-state index contributed by atoms with van der Waals surface area (Å²) < 4.78 is 10.3. The van der Waals surface area contributed by atoms with Gasteiger partial charge in [0.2, 0.25) is 5.95 Å². The highest BCUT2D eigenvalue weighted by molar-refractivity contribution is 7.17. The van der Waals surface area contributed by atoms with E-state index in [1.807, 2.05) is 6.07 Å². The molecule has 56 heavy (non-hydrogen) atoms. The van der Waals surface area contributed by atoms with Crippen LogP contribution in [-0.2, 0) is 0 Å². The predicted octanol–water partition coefficient (Wildman–Crippen LogP) is 14.3. The van der Waals surface area contributed by atoms with Crippen molar-refractivity contribution < 1.29 is 4.42 Å². The molecule has 5 heteroatoms. The van der Waals surface area contributed by atoms with Gasteiger partial charge >= 0.3 is 0 Å². The summed E-state index contributed by atoms with van der Waals surface area (Å²) in [5.41, 5.74) is 12.5. The Bertz CT molecular complexity index is 3230. The van der Waals surface area contributed by atoms with E-state index in [0.29, 0.717) is 5.95 Å². The summed E-state index contributed by atoms with van der Waals surface area (Å²) in [6.45, 7) is 2.26. The molecule has 1 aliphatic rings. The number of allylic oxidation sites excluding steroid dienone is 3. The van der Waals surface area contributed by atoms with Crippen molar-refractivity contribution in [3.05, 3.63) is 179 Å². The molecular weight excluding hydrogens is 703 g/mol. The van der Waals surface area contributed by atoms with Crippen LogP contribution in [0, 0.1) is 0 Å². The monoisotopic (exact) mass is 737 g/mol. The third kappa shape index (κ3) is 5.27. The van der Waals surface area contributed by atoms with Gasteiger partial charge in [0, 0.05) is 43.3 Å².